The first-order valence-corrected chi connectivity index (χ1v) is 7.64. The van der Waals surface area contributed by atoms with Crippen molar-refractivity contribution in [3.05, 3.63) is 12.2 Å². The summed E-state index contributed by atoms with van der Waals surface area (Å²) in [5.41, 5.74) is -0.209. The van der Waals surface area contributed by atoms with Crippen molar-refractivity contribution in [2.75, 3.05) is 19.8 Å². The van der Waals surface area contributed by atoms with Crippen molar-refractivity contribution in [3.63, 3.8) is 0 Å². The smallest absolute Gasteiger partial charge is 0.320 e. The maximum atomic E-state index is 12.3. The van der Waals surface area contributed by atoms with Crippen molar-refractivity contribution in [1.29, 1.82) is 0 Å². The third-order valence-corrected chi connectivity index (χ3v) is 4.33. The Bertz CT molecular complexity index is 439. The first-order chi connectivity index (χ1) is 10.1. The molecule has 2 rings (SSSR count). The molecule has 0 amide bonds. The predicted octanol–water partition coefficient (Wildman–Crippen LogP) is 2.16. The van der Waals surface area contributed by atoms with E-state index in [9.17, 15) is 9.59 Å². The minimum atomic E-state index is -0.862. The third-order valence-electron chi connectivity index (χ3n) is 4.33. The first-order valence-electron chi connectivity index (χ1n) is 7.64. The lowest BCUT2D eigenvalue weighted by atomic mass is 9.63. The van der Waals surface area contributed by atoms with Gasteiger partial charge in [-0.05, 0) is 39.0 Å². The summed E-state index contributed by atoms with van der Waals surface area (Å²) in [6.07, 6.45) is 8.45. The lowest BCUT2D eigenvalue weighted by molar-refractivity contribution is -0.166. The van der Waals surface area contributed by atoms with E-state index in [-0.39, 0.29) is 24.5 Å². The largest absolute Gasteiger partial charge is 0.465 e. The zero-order valence-corrected chi connectivity index (χ0v) is 12.7. The summed E-state index contributed by atoms with van der Waals surface area (Å²) in [6.45, 7) is 4.76. The van der Waals surface area contributed by atoms with Gasteiger partial charge in [0.2, 0.25) is 0 Å². The zero-order valence-electron chi connectivity index (χ0n) is 12.7. The zero-order chi connectivity index (χ0) is 15.3. The molecule has 0 N–H and O–H groups in total. The van der Waals surface area contributed by atoms with Gasteiger partial charge in [-0.2, -0.15) is 0 Å². The minimum absolute atomic E-state index is 0.133. The molecule has 21 heavy (non-hydrogen) atoms. The van der Waals surface area contributed by atoms with Gasteiger partial charge in [0, 0.05) is 18.2 Å². The standard InChI is InChI=1S/C16H23NO4/c1-3-20-14(18)13(15(19)21-4-2)12-7-5-6-8-16(12)9-10-17-11-16/h5-6,11-13H,3-4,7-10H2,1-2H3/t12-,16-/m1/s1. The van der Waals surface area contributed by atoms with Crippen molar-refractivity contribution in [1.82, 2.24) is 0 Å². The molecule has 5 heteroatoms. The van der Waals surface area contributed by atoms with Crippen LogP contribution in [0.5, 0.6) is 0 Å². The van der Waals surface area contributed by atoms with Gasteiger partial charge in [0.05, 0.1) is 13.2 Å². The fourth-order valence-corrected chi connectivity index (χ4v) is 3.31. The van der Waals surface area contributed by atoms with E-state index in [0.717, 1.165) is 19.4 Å². The molecule has 0 unspecified atom stereocenters. The molecule has 0 aromatic heterocycles. The second kappa shape index (κ2) is 6.87. The summed E-state index contributed by atoms with van der Waals surface area (Å²) in [7, 11) is 0. The van der Waals surface area contributed by atoms with Crippen molar-refractivity contribution >= 4 is 18.2 Å². The number of carbonyl (C=O) groups excluding carboxylic acids is 2. The molecular formula is C16H23NO4. The van der Waals surface area contributed by atoms with Gasteiger partial charge in [-0.25, -0.2) is 0 Å². The predicted molar refractivity (Wildman–Crippen MR) is 79.0 cm³/mol. The number of nitrogens with zero attached hydrogens (tertiary/aromatic N) is 1. The Morgan fingerprint density at radius 3 is 2.43 bits per heavy atom. The summed E-state index contributed by atoms with van der Waals surface area (Å²) in [6, 6.07) is 0. The quantitative estimate of drug-likeness (QED) is 0.442. The van der Waals surface area contributed by atoms with Gasteiger partial charge in [-0.1, -0.05) is 12.2 Å². The molecule has 0 fully saturated rings. The number of aliphatic imine (C=N–C) groups is 1. The van der Waals surface area contributed by atoms with Gasteiger partial charge in [0.15, 0.2) is 5.92 Å². The Labute approximate surface area is 125 Å². The van der Waals surface area contributed by atoms with E-state index in [1.807, 2.05) is 12.3 Å². The van der Waals surface area contributed by atoms with E-state index in [1.165, 1.54) is 0 Å². The van der Waals surface area contributed by atoms with Crippen molar-refractivity contribution in [2.24, 2.45) is 22.2 Å². The third kappa shape index (κ3) is 3.17. The summed E-state index contributed by atoms with van der Waals surface area (Å²) < 4.78 is 10.2. The minimum Gasteiger partial charge on any atom is -0.465 e. The highest BCUT2D eigenvalue weighted by molar-refractivity contribution is 5.96. The van der Waals surface area contributed by atoms with Crippen LogP contribution >= 0.6 is 0 Å². The number of ether oxygens (including phenoxy) is 2. The highest BCUT2D eigenvalue weighted by atomic mass is 16.6. The topological polar surface area (TPSA) is 65.0 Å². The van der Waals surface area contributed by atoms with Crippen LogP contribution in [0.15, 0.2) is 17.1 Å². The molecule has 2 aliphatic rings. The molecule has 0 saturated heterocycles. The van der Waals surface area contributed by atoms with Gasteiger partial charge < -0.3 is 9.47 Å². The van der Waals surface area contributed by atoms with E-state index in [4.69, 9.17) is 9.47 Å². The lowest BCUT2D eigenvalue weighted by Gasteiger charge is -2.39. The number of carbonyl (C=O) groups is 2. The highest BCUT2D eigenvalue weighted by Crippen LogP contribution is 2.46. The monoisotopic (exact) mass is 293 g/mol. The molecule has 0 aromatic rings. The second-order valence-corrected chi connectivity index (χ2v) is 5.52. The van der Waals surface area contributed by atoms with Crippen molar-refractivity contribution in [2.45, 2.75) is 33.1 Å². The number of allylic oxidation sites excluding steroid dienone is 2. The number of rotatable bonds is 5. The van der Waals surface area contributed by atoms with Crippen LogP contribution in [-0.2, 0) is 19.1 Å². The van der Waals surface area contributed by atoms with Crippen molar-refractivity contribution < 1.29 is 19.1 Å². The second-order valence-electron chi connectivity index (χ2n) is 5.52. The van der Waals surface area contributed by atoms with Crippen LogP contribution in [0, 0.1) is 17.3 Å². The molecule has 0 radical (unpaired) electrons. The molecule has 0 aromatic carbocycles. The Hall–Kier alpha value is -1.65. The molecule has 1 spiro atoms. The summed E-state index contributed by atoms with van der Waals surface area (Å²) in [5.74, 6) is -1.95. The average Bonchev–Trinajstić information content (AvgIpc) is 2.91. The molecule has 5 nitrogen and oxygen atoms in total. The van der Waals surface area contributed by atoms with Crippen LogP contribution in [0.1, 0.15) is 33.1 Å². The number of esters is 2. The maximum Gasteiger partial charge on any atom is 0.320 e. The normalized spacial score (nSPS) is 27.3. The molecule has 0 bridgehead atoms. The summed E-state index contributed by atoms with van der Waals surface area (Å²) in [4.78, 5) is 29.0. The van der Waals surface area contributed by atoms with Gasteiger partial charge >= 0.3 is 11.9 Å². The average molecular weight is 293 g/mol. The lowest BCUT2D eigenvalue weighted by Crippen LogP contribution is -2.44. The van der Waals surface area contributed by atoms with Gasteiger partial charge in [-0.3, -0.25) is 14.6 Å². The Kier molecular flexibility index (Phi) is 5.15. The van der Waals surface area contributed by atoms with E-state index in [1.54, 1.807) is 13.8 Å². The molecule has 1 aliphatic heterocycles. The number of hydrogen-bond donors (Lipinski definition) is 0. The van der Waals surface area contributed by atoms with Crippen LogP contribution in [0.3, 0.4) is 0 Å². The first kappa shape index (κ1) is 15.7. The van der Waals surface area contributed by atoms with Crippen LogP contribution in [0.25, 0.3) is 0 Å². The molecule has 0 saturated carbocycles. The van der Waals surface area contributed by atoms with Gasteiger partial charge in [-0.15, -0.1) is 0 Å². The van der Waals surface area contributed by atoms with Gasteiger partial charge in [0.25, 0.3) is 0 Å². The van der Waals surface area contributed by atoms with E-state index in [0.29, 0.717) is 6.42 Å². The Morgan fingerprint density at radius 2 is 1.90 bits per heavy atom. The fourth-order valence-electron chi connectivity index (χ4n) is 3.31. The highest BCUT2D eigenvalue weighted by Gasteiger charge is 2.49. The number of hydrogen-bond acceptors (Lipinski definition) is 5. The van der Waals surface area contributed by atoms with E-state index < -0.39 is 17.9 Å². The molecular weight excluding hydrogens is 270 g/mol. The summed E-state index contributed by atoms with van der Waals surface area (Å²) >= 11 is 0. The fraction of sp³-hybridized carbons (Fsp3) is 0.688. The maximum absolute atomic E-state index is 12.3. The van der Waals surface area contributed by atoms with Gasteiger partial charge in [0.1, 0.15) is 0 Å². The van der Waals surface area contributed by atoms with E-state index in [2.05, 4.69) is 11.1 Å². The van der Waals surface area contributed by atoms with Crippen LogP contribution in [0.2, 0.25) is 0 Å². The van der Waals surface area contributed by atoms with E-state index >= 15 is 0 Å². The molecule has 1 aliphatic carbocycles. The molecule has 1 heterocycles. The van der Waals surface area contributed by atoms with Crippen molar-refractivity contribution in [3.8, 4) is 0 Å². The Morgan fingerprint density at radius 1 is 1.24 bits per heavy atom. The van der Waals surface area contributed by atoms with Crippen LogP contribution in [0.4, 0.5) is 0 Å². The van der Waals surface area contributed by atoms with Crippen LogP contribution < -0.4 is 0 Å². The molecule has 2 atom stereocenters. The summed E-state index contributed by atoms with van der Waals surface area (Å²) in [5, 5.41) is 0. The van der Waals surface area contributed by atoms with Crippen LogP contribution in [-0.4, -0.2) is 37.9 Å². The molecule has 116 valence electrons. The Balaban J connectivity index is 2.29. The SMILES string of the molecule is CCOC(=O)C(C(=O)OCC)[C@H]1CC=CC[C@@]12C=NCC2.